The first-order chi connectivity index (χ1) is 9.71. The number of nitrogens with one attached hydrogen (secondary N) is 2. The summed E-state index contributed by atoms with van der Waals surface area (Å²) in [6, 6.07) is 6.26. The number of hydrogen-bond donors (Lipinski definition) is 2. The molecule has 0 unspecified atom stereocenters. The first-order valence-electron chi connectivity index (χ1n) is 6.42. The molecule has 0 aliphatic heterocycles. The lowest BCUT2D eigenvalue weighted by Gasteiger charge is -2.12. The minimum atomic E-state index is -0.346. The number of aliphatic imine (C=N–C) groups is 1. The van der Waals surface area contributed by atoms with Crippen molar-refractivity contribution in [1.29, 1.82) is 5.26 Å². The first kappa shape index (κ1) is 19.6. The molecule has 1 aromatic carbocycles. The van der Waals surface area contributed by atoms with Crippen molar-refractivity contribution in [3.63, 3.8) is 0 Å². The van der Waals surface area contributed by atoms with Gasteiger partial charge in [-0.15, -0.1) is 24.0 Å². The second-order valence-corrected chi connectivity index (χ2v) is 3.97. The minimum Gasteiger partial charge on any atom is -0.380 e. The third-order valence-corrected chi connectivity index (χ3v) is 2.59. The Balaban J connectivity index is 0.00000400. The molecule has 0 heterocycles. The Morgan fingerprint density at radius 2 is 2.19 bits per heavy atom. The summed E-state index contributed by atoms with van der Waals surface area (Å²) in [5.74, 6) is 0.215. The zero-order valence-corrected chi connectivity index (χ0v) is 14.5. The van der Waals surface area contributed by atoms with Crippen LogP contribution in [-0.4, -0.2) is 32.8 Å². The Morgan fingerprint density at radius 3 is 2.81 bits per heavy atom. The highest BCUT2D eigenvalue weighted by Gasteiger charge is 2.05. The van der Waals surface area contributed by atoms with Gasteiger partial charge in [0.1, 0.15) is 5.82 Å². The van der Waals surface area contributed by atoms with Gasteiger partial charge in [-0.1, -0.05) is 0 Å². The van der Waals surface area contributed by atoms with Crippen LogP contribution in [-0.2, 0) is 11.3 Å². The SMILES string of the molecule is CCOCCNC(=NC)NCc1cc(C#N)ccc1F.I. The average Bonchev–Trinajstić information content (AvgIpc) is 2.48. The highest BCUT2D eigenvalue weighted by molar-refractivity contribution is 14.0. The van der Waals surface area contributed by atoms with E-state index in [1.807, 2.05) is 13.0 Å². The van der Waals surface area contributed by atoms with Crippen molar-refractivity contribution >= 4 is 29.9 Å². The Morgan fingerprint density at radius 1 is 1.43 bits per heavy atom. The maximum absolute atomic E-state index is 13.6. The highest BCUT2D eigenvalue weighted by Crippen LogP contribution is 2.09. The fourth-order valence-electron chi connectivity index (χ4n) is 1.57. The van der Waals surface area contributed by atoms with E-state index >= 15 is 0 Å². The summed E-state index contributed by atoms with van der Waals surface area (Å²) in [4.78, 5) is 4.02. The molecule has 116 valence electrons. The second kappa shape index (κ2) is 11.3. The van der Waals surface area contributed by atoms with Gasteiger partial charge in [0.15, 0.2) is 5.96 Å². The van der Waals surface area contributed by atoms with Gasteiger partial charge >= 0.3 is 0 Å². The zero-order valence-electron chi connectivity index (χ0n) is 12.1. The van der Waals surface area contributed by atoms with Gasteiger partial charge in [0.05, 0.1) is 18.2 Å². The molecule has 0 fully saturated rings. The van der Waals surface area contributed by atoms with Crippen LogP contribution in [0.3, 0.4) is 0 Å². The third kappa shape index (κ3) is 7.24. The van der Waals surface area contributed by atoms with E-state index in [1.54, 1.807) is 7.05 Å². The van der Waals surface area contributed by atoms with E-state index in [-0.39, 0.29) is 36.3 Å². The molecule has 0 atom stereocenters. The van der Waals surface area contributed by atoms with Crippen LogP contribution < -0.4 is 10.6 Å². The molecular formula is C14H20FIN4O. The summed E-state index contributed by atoms with van der Waals surface area (Å²) in [6.45, 7) is 4.05. The van der Waals surface area contributed by atoms with E-state index in [0.29, 0.717) is 36.8 Å². The van der Waals surface area contributed by atoms with E-state index in [4.69, 9.17) is 10.00 Å². The fraction of sp³-hybridized carbons (Fsp3) is 0.429. The zero-order chi connectivity index (χ0) is 14.8. The molecule has 0 bridgehead atoms. The number of nitrogens with zero attached hydrogens (tertiary/aromatic N) is 2. The number of benzene rings is 1. The van der Waals surface area contributed by atoms with Crippen molar-refractivity contribution in [1.82, 2.24) is 10.6 Å². The largest absolute Gasteiger partial charge is 0.380 e. The number of rotatable bonds is 6. The van der Waals surface area contributed by atoms with Gasteiger partial charge in [-0.25, -0.2) is 4.39 Å². The first-order valence-corrected chi connectivity index (χ1v) is 6.42. The topological polar surface area (TPSA) is 69.4 Å². The molecule has 0 aliphatic rings. The van der Waals surface area contributed by atoms with Gasteiger partial charge in [0.2, 0.25) is 0 Å². The summed E-state index contributed by atoms with van der Waals surface area (Å²) in [6.07, 6.45) is 0. The molecule has 21 heavy (non-hydrogen) atoms. The summed E-state index contributed by atoms with van der Waals surface area (Å²) < 4.78 is 18.8. The predicted molar refractivity (Wildman–Crippen MR) is 91.2 cm³/mol. The summed E-state index contributed by atoms with van der Waals surface area (Å²) in [5.41, 5.74) is 0.860. The standard InChI is InChI=1S/C14H19FN4O.HI/c1-3-20-7-6-18-14(17-2)19-10-12-8-11(9-16)4-5-13(12)15;/h4-5,8H,3,6-7,10H2,1-2H3,(H2,17,18,19);1H. The third-order valence-electron chi connectivity index (χ3n) is 2.59. The molecule has 5 nitrogen and oxygen atoms in total. The van der Waals surface area contributed by atoms with E-state index < -0.39 is 0 Å². The van der Waals surface area contributed by atoms with Gasteiger partial charge in [-0.3, -0.25) is 4.99 Å². The van der Waals surface area contributed by atoms with Crippen LogP contribution in [0.25, 0.3) is 0 Å². The summed E-state index contributed by atoms with van der Waals surface area (Å²) in [7, 11) is 1.64. The van der Waals surface area contributed by atoms with Crippen molar-refractivity contribution in [2.24, 2.45) is 4.99 Å². The van der Waals surface area contributed by atoms with Crippen molar-refractivity contribution in [2.45, 2.75) is 13.5 Å². The van der Waals surface area contributed by atoms with Crippen molar-refractivity contribution < 1.29 is 9.13 Å². The highest BCUT2D eigenvalue weighted by atomic mass is 127. The molecule has 0 radical (unpaired) electrons. The maximum atomic E-state index is 13.6. The number of halogens is 2. The lowest BCUT2D eigenvalue weighted by Crippen LogP contribution is -2.38. The minimum absolute atomic E-state index is 0. The molecule has 1 aromatic rings. The fourth-order valence-corrected chi connectivity index (χ4v) is 1.57. The maximum Gasteiger partial charge on any atom is 0.191 e. The molecular weight excluding hydrogens is 386 g/mol. The Labute approximate surface area is 141 Å². The van der Waals surface area contributed by atoms with Crippen LogP contribution in [0, 0.1) is 17.1 Å². The number of hydrogen-bond acceptors (Lipinski definition) is 3. The van der Waals surface area contributed by atoms with E-state index in [0.717, 1.165) is 0 Å². The van der Waals surface area contributed by atoms with Crippen molar-refractivity contribution in [3.8, 4) is 6.07 Å². The Hall–Kier alpha value is -1.40. The molecule has 0 saturated heterocycles. The van der Waals surface area contributed by atoms with Crippen LogP contribution in [0.5, 0.6) is 0 Å². The van der Waals surface area contributed by atoms with Gasteiger partial charge < -0.3 is 15.4 Å². The smallest absolute Gasteiger partial charge is 0.191 e. The molecule has 0 saturated carbocycles. The molecule has 0 amide bonds. The van der Waals surface area contributed by atoms with Crippen LogP contribution in [0.15, 0.2) is 23.2 Å². The summed E-state index contributed by atoms with van der Waals surface area (Å²) in [5, 5.41) is 14.8. The van der Waals surface area contributed by atoms with Gasteiger partial charge in [0, 0.05) is 32.3 Å². The van der Waals surface area contributed by atoms with E-state index in [1.165, 1.54) is 18.2 Å². The van der Waals surface area contributed by atoms with Crippen LogP contribution in [0.2, 0.25) is 0 Å². The second-order valence-electron chi connectivity index (χ2n) is 3.97. The Bertz CT molecular complexity index is 502. The predicted octanol–water partition coefficient (Wildman–Crippen LogP) is 2.02. The van der Waals surface area contributed by atoms with Crippen LogP contribution >= 0.6 is 24.0 Å². The quantitative estimate of drug-likeness (QED) is 0.328. The molecule has 0 aromatic heterocycles. The molecule has 7 heteroatoms. The van der Waals surface area contributed by atoms with Crippen molar-refractivity contribution in [2.75, 3.05) is 26.8 Å². The molecule has 0 aliphatic carbocycles. The van der Waals surface area contributed by atoms with Gasteiger partial charge in [0.25, 0.3) is 0 Å². The number of nitriles is 1. The van der Waals surface area contributed by atoms with E-state index in [9.17, 15) is 4.39 Å². The van der Waals surface area contributed by atoms with Gasteiger partial charge in [-0.05, 0) is 25.1 Å². The van der Waals surface area contributed by atoms with Crippen LogP contribution in [0.4, 0.5) is 4.39 Å². The molecule has 0 spiro atoms. The number of guanidine groups is 1. The van der Waals surface area contributed by atoms with Crippen molar-refractivity contribution in [3.05, 3.63) is 35.1 Å². The van der Waals surface area contributed by atoms with Crippen LogP contribution in [0.1, 0.15) is 18.1 Å². The Kier molecular flexibility index (Phi) is 10.5. The monoisotopic (exact) mass is 406 g/mol. The van der Waals surface area contributed by atoms with Gasteiger partial charge in [-0.2, -0.15) is 5.26 Å². The molecule has 2 N–H and O–H groups in total. The molecule has 1 rings (SSSR count). The summed E-state index contributed by atoms with van der Waals surface area (Å²) >= 11 is 0. The normalized spacial score (nSPS) is 10.5. The average molecular weight is 406 g/mol. The lowest BCUT2D eigenvalue weighted by atomic mass is 10.1. The number of ether oxygens (including phenoxy) is 1. The van der Waals surface area contributed by atoms with E-state index in [2.05, 4.69) is 15.6 Å². The lowest BCUT2D eigenvalue weighted by molar-refractivity contribution is 0.152.